The number of benzene rings is 1. The van der Waals surface area contributed by atoms with Gasteiger partial charge in [0.25, 0.3) is 0 Å². The van der Waals surface area contributed by atoms with Gasteiger partial charge in [0, 0.05) is 25.3 Å². The number of rotatable bonds is 2. The lowest BCUT2D eigenvalue weighted by Crippen LogP contribution is -2.42. The highest BCUT2D eigenvalue weighted by Crippen LogP contribution is 2.38. The van der Waals surface area contributed by atoms with Crippen molar-refractivity contribution in [2.24, 2.45) is 11.7 Å². The first-order chi connectivity index (χ1) is 10.1. The van der Waals surface area contributed by atoms with Crippen LogP contribution in [0.5, 0.6) is 0 Å². The summed E-state index contributed by atoms with van der Waals surface area (Å²) in [5.41, 5.74) is 5.18. The fourth-order valence-corrected chi connectivity index (χ4v) is 2.67. The minimum atomic E-state index is -4.54. The Bertz CT molecular complexity index is 533. The Labute approximate surface area is 148 Å². The third kappa shape index (κ3) is 5.32. The van der Waals surface area contributed by atoms with Crippen LogP contribution in [0, 0.1) is 5.92 Å². The molecule has 0 spiro atoms. The van der Waals surface area contributed by atoms with Crippen molar-refractivity contribution in [2.45, 2.75) is 31.7 Å². The van der Waals surface area contributed by atoms with Crippen molar-refractivity contribution < 1.29 is 26.3 Å². The van der Waals surface area contributed by atoms with E-state index in [1.165, 1.54) is 11.0 Å². The SMILES string of the molecule is Cl.Cl.NCc1ccc(C(F)(F)F)cc1N1CCCC(C(F)(F)F)C1. The summed E-state index contributed by atoms with van der Waals surface area (Å²) in [5.74, 6) is -1.53. The summed E-state index contributed by atoms with van der Waals surface area (Å²) in [5, 5.41) is 0. The minimum Gasteiger partial charge on any atom is -0.371 e. The number of hydrogen-bond donors (Lipinski definition) is 1. The summed E-state index contributed by atoms with van der Waals surface area (Å²) < 4.78 is 77.0. The summed E-state index contributed by atoms with van der Waals surface area (Å²) in [4.78, 5) is 1.36. The zero-order chi connectivity index (χ0) is 16.5. The minimum absolute atomic E-state index is 0. The standard InChI is InChI=1S/C14H16F6N2.2ClH/c15-13(16,17)10-4-3-9(7-21)12(6-10)22-5-1-2-11(8-22)14(18,19)20;;/h3-4,6,11H,1-2,5,7-8,21H2;2*1H. The summed E-state index contributed by atoms with van der Waals surface area (Å²) in [7, 11) is 0. The van der Waals surface area contributed by atoms with E-state index >= 15 is 0 Å². The van der Waals surface area contributed by atoms with Gasteiger partial charge in [-0.2, -0.15) is 26.3 Å². The molecule has 1 aromatic carbocycles. The van der Waals surface area contributed by atoms with Crippen LogP contribution in [0.1, 0.15) is 24.0 Å². The summed E-state index contributed by atoms with van der Waals surface area (Å²) >= 11 is 0. The number of anilines is 1. The van der Waals surface area contributed by atoms with E-state index in [0.29, 0.717) is 12.1 Å². The first kappa shape index (κ1) is 23.1. The van der Waals surface area contributed by atoms with Gasteiger partial charge in [0.15, 0.2) is 0 Å². The van der Waals surface area contributed by atoms with Crippen LogP contribution in [0.25, 0.3) is 0 Å². The van der Waals surface area contributed by atoms with E-state index in [1.807, 2.05) is 0 Å². The van der Waals surface area contributed by atoms with Crippen molar-refractivity contribution in [2.75, 3.05) is 18.0 Å². The Morgan fingerprint density at radius 2 is 1.71 bits per heavy atom. The topological polar surface area (TPSA) is 29.3 Å². The molecule has 0 amide bonds. The lowest BCUT2D eigenvalue weighted by atomic mass is 9.96. The van der Waals surface area contributed by atoms with Gasteiger partial charge < -0.3 is 10.6 Å². The van der Waals surface area contributed by atoms with Crippen molar-refractivity contribution in [3.63, 3.8) is 0 Å². The maximum Gasteiger partial charge on any atom is 0.416 e. The molecule has 1 unspecified atom stereocenters. The van der Waals surface area contributed by atoms with Gasteiger partial charge >= 0.3 is 12.4 Å². The fraction of sp³-hybridized carbons (Fsp3) is 0.571. The average molecular weight is 399 g/mol. The van der Waals surface area contributed by atoms with Gasteiger partial charge in [-0.3, -0.25) is 0 Å². The van der Waals surface area contributed by atoms with Gasteiger partial charge in [-0.25, -0.2) is 0 Å². The largest absolute Gasteiger partial charge is 0.416 e. The Hall–Kier alpha value is -0.860. The zero-order valence-corrected chi connectivity index (χ0v) is 14.1. The molecule has 0 saturated carbocycles. The molecule has 1 aliphatic rings. The Morgan fingerprint density at radius 3 is 2.21 bits per heavy atom. The van der Waals surface area contributed by atoms with E-state index in [4.69, 9.17) is 5.73 Å². The molecule has 2 rings (SSSR count). The Morgan fingerprint density at radius 1 is 1.08 bits per heavy atom. The van der Waals surface area contributed by atoms with Crippen molar-refractivity contribution >= 4 is 30.5 Å². The van der Waals surface area contributed by atoms with E-state index < -0.39 is 23.8 Å². The van der Waals surface area contributed by atoms with E-state index in [0.717, 1.165) is 12.1 Å². The molecule has 0 bridgehead atoms. The number of nitrogens with two attached hydrogens (primary N) is 1. The maximum absolute atomic E-state index is 12.8. The molecule has 2 N–H and O–H groups in total. The molecule has 24 heavy (non-hydrogen) atoms. The Balaban J connectivity index is 0.00000264. The zero-order valence-electron chi connectivity index (χ0n) is 12.5. The second-order valence-corrected chi connectivity index (χ2v) is 5.37. The van der Waals surface area contributed by atoms with Gasteiger partial charge in [0.1, 0.15) is 0 Å². The summed E-state index contributed by atoms with van der Waals surface area (Å²) in [6.07, 6.45) is -8.61. The highest BCUT2D eigenvalue weighted by Gasteiger charge is 2.42. The second-order valence-electron chi connectivity index (χ2n) is 5.37. The smallest absolute Gasteiger partial charge is 0.371 e. The van der Waals surface area contributed by atoms with Crippen molar-refractivity contribution in [1.82, 2.24) is 0 Å². The summed E-state index contributed by atoms with van der Waals surface area (Å²) in [6, 6.07) is 3.02. The number of hydrogen-bond acceptors (Lipinski definition) is 2. The Kier molecular flexibility index (Phi) is 8.18. The molecule has 1 aliphatic heterocycles. The molecular formula is C14H18Cl2F6N2. The molecule has 0 aromatic heterocycles. The molecule has 140 valence electrons. The van der Waals surface area contributed by atoms with Crippen LogP contribution in [0.15, 0.2) is 18.2 Å². The highest BCUT2D eigenvalue weighted by molar-refractivity contribution is 5.85. The number of alkyl halides is 6. The number of nitrogens with zero attached hydrogens (tertiary/aromatic N) is 1. The van der Waals surface area contributed by atoms with Crippen molar-refractivity contribution in [1.29, 1.82) is 0 Å². The molecular weight excluding hydrogens is 381 g/mol. The lowest BCUT2D eigenvalue weighted by molar-refractivity contribution is -0.176. The first-order valence-electron chi connectivity index (χ1n) is 6.84. The molecule has 1 heterocycles. The van der Waals surface area contributed by atoms with E-state index in [9.17, 15) is 26.3 Å². The van der Waals surface area contributed by atoms with Gasteiger partial charge in [-0.05, 0) is 30.5 Å². The van der Waals surface area contributed by atoms with E-state index in [2.05, 4.69) is 0 Å². The highest BCUT2D eigenvalue weighted by atomic mass is 35.5. The molecule has 1 fully saturated rings. The summed E-state index contributed by atoms with van der Waals surface area (Å²) in [6.45, 7) is -0.0701. The first-order valence-corrected chi connectivity index (χ1v) is 6.84. The predicted molar refractivity (Wildman–Crippen MR) is 84.8 cm³/mol. The number of halogens is 8. The molecule has 1 atom stereocenters. The van der Waals surface area contributed by atoms with Crippen LogP contribution >= 0.6 is 24.8 Å². The van der Waals surface area contributed by atoms with Crippen LogP contribution in [0.4, 0.5) is 32.0 Å². The van der Waals surface area contributed by atoms with Crippen LogP contribution in [0.2, 0.25) is 0 Å². The van der Waals surface area contributed by atoms with Gasteiger partial charge in [-0.15, -0.1) is 24.8 Å². The quantitative estimate of drug-likeness (QED) is 0.725. The molecule has 2 nitrogen and oxygen atoms in total. The van der Waals surface area contributed by atoms with Crippen LogP contribution in [-0.2, 0) is 12.7 Å². The van der Waals surface area contributed by atoms with Crippen molar-refractivity contribution in [3.05, 3.63) is 29.3 Å². The van der Waals surface area contributed by atoms with Crippen LogP contribution in [-0.4, -0.2) is 19.3 Å². The van der Waals surface area contributed by atoms with Gasteiger partial charge in [-0.1, -0.05) is 6.07 Å². The van der Waals surface area contributed by atoms with Crippen LogP contribution in [0.3, 0.4) is 0 Å². The van der Waals surface area contributed by atoms with Gasteiger partial charge in [0.2, 0.25) is 0 Å². The maximum atomic E-state index is 12.8. The predicted octanol–water partition coefficient (Wildman–Crippen LogP) is 4.79. The number of piperidine rings is 1. The van der Waals surface area contributed by atoms with Crippen LogP contribution < -0.4 is 10.6 Å². The molecule has 0 radical (unpaired) electrons. The second kappa shape index (κ2) is 8.49. The monoisotopic (exact) mass is 398 g/mol. The molecule has 1 saturated heterocycles. The lowest BCUT2D eigenvalue weighted by Gasteiger charge is -2.36. The van der Waals surface area contributed by atoms with E-state index in [1.54, 1.807) is 0 Å². The fourth-order valence-electron chi connectivity index (χ4n) is 2.67. The average Bonchev–Trinajstić information content (AvgIpc) is 2.45. The molecule has 10 heteroatoms. The normalized spacial score (nSPS) is 18.6. The molecule has 1 aromatic rings. The third-order valence-electron chi connectivity index (χ3n) is 3.86. The van der Waals surface area contributed by atoms with Gasteiger partial charge in [0.05, 0.1) is 11.5 Å². The van der Waals surface area contributed by atoms with Crippen molar-refractivity contribution in [3.8, 4) is 0 Å². The van der Waals surface area contributed by atoms with E-state index in [-0.39, 0.29) is 56.4 Å². The molecule has 0 aliphatic carbocycles. The third-order valence-corrected chi connectivity index (χ3v) is 3.86.